The topological polar surface area (TPSA) is 38.8 Å². The van der Waals surface area contributed by atoms with Gasteiger partial charge >= 0.3 is 0 Å². The molecule has 2 unspecified atom stereocenters. The van der Waals surface area contributed by atoms with Crippen molar-refractivity contribution in [2.75, 3.05) is 25.7 Å². The quantitative estimate of drug-likeness (QED) is 0.840. The summed E-state index contributed by atoms with van der Waals surface area (Å²) in [5, 5.41) is 0. The number of piperidine rings is 1. The second-order valence-corrected chi connectivity index (χ2v) is 4.98. The highest BCUT2D eigenvalue weighted by Gasteiger charge is 2.32. The lowest BCUT2D eigenvalue weighted by Gasteiger charge is -2.39. The first-order valence-corrected chi connectivity index (χ1v) is 6.60. The lowest BCUT2D eigenvalue weighted by molar-refractivity contribution is -0.123. The van der Waals surface area contributed by atoms with Crippen molar-refractivity contribution in [2.45, 2.75) is 26.3 Å². The van der Waals surface area contributed by atoms with Crippen LogP contribution in [0.5, 0.6) is 11.5 Å². The van der Waals surface area contributed by atoms with Crippen molar-refractivity contribution in [3.8, 4) is 11.5 Å². The van der Waals surface area contributed by atoms with Crippen LogP contribution in [0, 0.1) is 5.92 Å². The van der Waals surface area contributed by atoms with E-state index in [0.717, 1.165) is 23.7 Å². The third kappa shape index (κ3) is 2.53. The molecule has 0 aliphatic carbocycles. The van der Waals surface area contributed by atoms with E-state index in [1.807, 2.05) is 25.1 Å². The molecule has 1 aliphatic rings. The molecule has 2 rings (SSSR count). The number of carbonyl (C=O) groups is 1. The zero-order valence-electron chi connectivity index (χ0n) is 12.0. The number of anilines is 1. The summed E-state index contributed by atoms with van der Waals surface area (Å²) < 4.78 is 10.7. The van der Waals surface area contributed by atoms with Crippen LogP contribution in [0.2, 0.25) is 0 Å². The summed E-state index contributed by atoms with van der Waals surface area (Å²) in [5.74, 6) is 1.96. The predicted molar refractivity (Wildman–Crippen MR) is 75.1 cm³/mol. The average Bonchev–Trinajstić information content (AvgIpc) is 2.44. The third-order valence-electron chi connectivity index (χ3n) is 4.02. The lowest BCUT2D eigenvalue weighted by Crippen LogP contribution is -2.47. The number of nitrogens with zero attached hydrogens (tertiary/aromatic N) is 1. The van der Waals surface area contributed by atoms with Crippen LogP contribution >= 0.6 is 0 Å². The molecule has 0 bridgehead atoms. The van der Waals surface area contributed by atoms with Crippen LogP contribution in [0.3, 0.4) is 0 Å². The van der Waals surface area contributed by atoms with E-state index in [1.165, 1.54) is 0 Å². The van der Waals surface area contributed by atoms with E-state index in [0.29, 0.717) is 12.2 Å². The number of hydrogen-bond donors (Lipinski definition) is 0. The molecule has 1 aromatic rings. The highest BCUT2D eigenvalue weighted by Crippen LogP contribution is 2.36. The minimum atomic E-state index is 0.0561. The van der Waals surface area contributed by atoms with E-state index in [2.05, 4.69) is 11.8 Å². The highest BCUT2D eigenvalue weighted by atomic mass is 16.5. The summed E-state index contributed by atoms with van der Waals surface area (Å²) in [6.45, 7) is 4.83. The van der Waals surface area contributed by atoms with Crippen molar-refractivity contribution in [1.29, 1.82) is 0 Å². The van der Waals surface area contributed by atoms with Crippen LogP contribution in [0.25, 0.3) is 0 Å². The lowest BCUT2D eigenvalue weighted by atomic mass is 9.90. The first-order chi connectivity index (χ1) is 9.08. The van der Waals surface area contributed by atoms with Crippen LogP contribution in [0.1, 0.15) is 20.3 Å². The first kappa shape index (κ1) is 13.7. The second-order valence-electron chi connectivity index (χ2n) is 4.98. The normalized spacial score (nSPS) is 23.4. The number of Topliss-reactive ketones (excluding diaryl/α,β-unsaturated/α-hetero) is 1. The van der Waals surface area contributed by atoms with E-state index in [9.17, 15) is 4.79 Å². The number of methoxy groups -OCH3 is 2. The Morgan fingerprint density at radius 3 is 2.58 bits per heavy atom. The van der Waals surface area contributed by atoms with Crippen LogP contribution < -0.4 is 14.4 Å². The van der Waals surface area contributed by atoms with Crippen molar-refractivity contribution in [2.24, 2.45) is 5.92 Å². The largest absolute Gasteiger partial charge is 0.497 e. The van der Waals surface area contributed by atoms with Crippen LogP contribution in [0.15, 0.2) is 18.2 Å². The number of hydrogen-bond acceptors (Lipinski definition) is 4. The molecule has 0 spiro atoms. The molecule has 1 saturated heterocycles. The van der Waals surface area contributed by atoms with Crippen LogP contribution in [-0.4, -0.2) is 32.6 Å². The van der Waals surface area contributed by atoms with Crippen LogP contribution in [0.4, 0.5) is 5.69 Å². The number of carbonyl (C=O) groups excluding carboxylic acids is 1. The van der Waals surface area contributed by atoms with Gasteiger partial charge in [-0.15, -0.1) is 0 Å². The Hall–Kier alpha value is -1.71. The van der Waals surface area contributed by atoms with Gasteiger partial charge < -0.3 is 14.4 Å². The molecule has 2 atom stereocenters. The molecule has 0 saturated carbocycles. The maximum absolute atomic E-state index is 11.8. The first-order valence-electron chi connectivity index (χ1n) is 6.60. The van der Waals surface area contributed by atoms with E-state index in [1.54, 1.807) is 14.2 Å². The Morgan fingerprint density at radius 2 is 1.95 bits per heavy atom. The maximum Gasteiger partial charge on any atom is 0.145 e. The fourth-order valence-electron chi connectivity index (χ4n) is 2.56. The Balaban J connectivity index is 2.33. The van der Waals surface area contributed by atoms with Gasteiger partial charge in [0.2, 0.25) is 0 Å². The number of benzene rings is 1. The van der Waals surface area contributed by atoms with Gasteiger partial charge in [-0.05, 0) is 19.1 Å². The van der Waals surface area contributed by atoms with Crippen molar-refractivity contribution >= 4 is 11.5 Å². The number of ketones is 1. The number of rotatable bonds is 3. The summed E-state index contributed by atoms with van der Waals surface area (Å²) in [5.41, 5.74) is 1.02. The SMILES string of the molecule is COc1ccc(N2CCC(=O)C(C)C2C)c(OC)c1. The Bertz CT molecular complexity index is 472. The van der Waals surface area contributed by atoms with E-state index >= 15 is 0 Å². The van der Waals surface area contributed by atoms with Gasteiger partial charge in [0.25, 0.3) is 0 Å². The second kappa shape index (κ2) is 5.51. The summed E-state index contributed by atoms with van der Waals surface area (Å²) in [6.07, 6.45) is 0.598. The standard InChI is InChI=1S/C15H21NO3/c1-10-11(2)16(8-7-14(10)17)13-6-5-12(18-3)9-15(13)19-4/h5-6,9-11H,7-8H2,1-4H3. The van der Waals surface area contributed by atoms with Crippen molar-refractivity contribution in [3.05, 3.63) is 18.2 Å². The molecule has 0 aromatic heterocycles. The van der Waals surface area contributed by atoms with Gasteiger partial charge in [-0.2, -0.15) is 0 Å². The van der Waals surface area contributed by atoms with Gasteiger partial charge in [0.05, 0.1) is 19.9 Å². The molecular formula is C15H21NO3. The molecule has 104 valence electrons. The monoisotopic (exact) mass is 263 g/mol. The minimum Gasteiger partial charge on any atom is -0.497 e. The fraction of sp³-hybridized carbons (Fsp3) is 0.533. The summed E-state index contributed by atoms with van der Waals surface area (Å²) in [6, 6.07) is 5.98. The average molecular weight is 263 g/mol. The molecule has 1 aliphatic heterocycles. The van der Waals surface area contributed by atoms with E-state index in [4.69, 9.17) is 9.47 Å². The highest BCUT2D eigenvalue weighted by molar-refractivity contribution is 5.84. The van der Waals surface area contributed by atoms with Gasteiger partial charge in [-0.25, -0.2) is 0 Å². The molecule has 4 nitrogen and oxygen atoms in total. The summed E-state index contributed by atoms with van der Waals surface area (Å²) >= 11 is 0. The molecule has 0 amide bonds. The van der Waals surface area contributed by atoms with Crippen molar-refractivity contribution < 1.29 is 14.3 Å². The van der Waals surface area contributed by atoms with Gasteiger partial charge in [0.15, 0.2) is 0 Å². The smallest absolute Gasteiger partial charge is 0.145 e. The third-order valence-corrected chi connectivity index (χ3v) is 4.02. The van der Waals surface area contributed by atoms with Crippen LogP contribution in [-0.2, 0) is 4.79 Å². The molecule has 1 fully saturated rings. The fourth-order valence-corrected chi connectivity index (χ4v) is 2.56. The molecule has 4 heteroatoms. The maximum atomic E-state index is 11.8. The predicted octanol–water partition coefficient (Wildman–Crippen LogP) is 2.51. The summed E-state index contributed by atoms with van der Waals surface area (Å²) in [7, 11) is 3.29. The zero-order chi connectivity index (χ0) is 14.0. The zero-order valence-corrected chi connectivity index (χ0v) is 12.0. The Kier molecular flexibility index (Phi) is 3.98. The van der Waals surface area contributed by atoms with Gasteiger partial charge in [0, 0.05) is 31.0 Å². The van der Waals surface area contributed by atoms with Gasteiger partial charge in [-0.1, -0.05) is 6.92 Å². The number of ether oxygens (including phenoxy) is 2. The van der Waals surface area contributed by atoms with E-state index < -0.39 is 0 Å². The van der Waals surface area contributed by atoms with Gasteiger partial charge in [0.1, 0.15) is 17.3 Å². The minimum absolute atomic E-state index is 0.0561. The summed E-state index contributed by atoms with van der Waals surface area (Å²) in [4.78, 5) is 14.0. The molecule has 1 aromatic carbocycles. The van der Waals surface area contributed by atoms with Crippen molar-refractivity contribution in [3.63, 3.8) is 0 Å². The Morgan fingerprint density at radius 1 is 1.21 bits per heavy atom. The molecule has 0 N–H and O–H groups in total. The molecular weight excluding hydrogens is 242 g/mol. The molecule has 19 heavy (non-hydrogen) atoms. The molecule has 1 heterocycles. The van der Waals surface area contributed by atoms with Crippen molar-refractivity contribution in [1.82, 2.24) is 0 Å². The van der Waals surface area contributed by atoms with Gasteiger partial charge in [-0.3, -0.25) is 4.79 Å². The molecule has 0 radical (unpaired) electrons. The Labute approximate surface area is 114 Å². The van der Waals surface area contributed by atoms with E-state index in [-0.39, 0.29) is 12.0 Å².